The van der Waals surface area contributed by atoms with Gasteiger partial charge in [-0.25, -0.2) is 0 Å². The van der Waals surface area contributed by atoms with Crippen LogP contribution in [0.15, 0.2) is 46.3 Å². The lowest BCUT2D eigenvalue weighted by molar-refractivity contribution is 0.699. The van der Waals surface area contributed by atoms with E-state index in [0.717, 1.165) is 10.0 Å². The molecule has 0 saturated heterocycles. The van der Waals surface area contributed by atoms with E-state index in [1.54, 1.807) is 11.3 Å². The topological polar surface area (TPSA) is 12.0 Å². The van der Waals surface area contributed by atoms with Gasteiger partial charge in [-0.2, -0.15) is 0 Å². The molecule has 1 atom stereocenters. The number of nitrogens with one attached hydrogen (secondary N) is 1. The summed E-state index contributed by atoms with van der Waals surface area (Å²) in [6.45, 7) is 0. The van der Waals surface area contributed by atoms with E-state index in [-0.39, 0.29) is 6.04 Å². The van der Waals surface area contributed by atoms with E-state index in [0.29, 0.717) is 10.0 Å². The molecular weight excluding hydrogens is 389 g/mol. The van der Waals surface area contributed by atoms with Crippen LogP contribution in [-0.2, 0) is 0 Å². The summed E-state index contributed by atoms with van der Waals surface area (Å²) in [5.41, 5.74) is 2.20. The Morgan fingerprint density at radius 3 is 2.62 bits per heavy atom. The molecule has 1 heterocycles. The van der Waals surface area contributed by atoms with Gasteiger partial charge in [0.2, 0.25) is 0 Å². The smallest absolute Gasteiger partial charge is 0.0643 e. The Balaban J connectivity index is 2.19. The van der Waals surface area contributed by atoms with Crippen molar-refractivity contribution in [1.29, 1.82) is 0 Å². The Morgan fingerprint density at radius 1 is 1.10 bits per heavy atom. The summed E-state index contributed by atoms with van der Waals surface area (Å²) in [5.74, 6) is 0. The summed E-state index contributed by atoms with van der Waals surface area (Å²) in [7, 11) is 1.93. The average Bonchev–Trinajstić information content (AvgIpc) is 2.90. The molecule has 21 heavy (non-hydrogen) atoms. The van der Waals surface area contributed by atoms with Gasteiger partial charge in [0.25, 0.3) is 0 Å². The lowest BCUT2D eigenvalue weighted by Gasteiger charge is -2.18. The van der Waals surface area contributed by atoms with Gasteiger partial charge in [0.15, 0.2) is 0 Å². The third-order valence-corrected chi connectivity index (χ3v) is 6.28. The van der Waals surface area contributed by atoms with Gasteiger partial charge in [0.05, 0.1) is 16.1 Å². The van der Waals surface area contributed by atoms with E-state index >= 15 is 0 Å². The molecule has 1 aromatic heterocycles. The summed E-state index contributed by atoms with van der Waals surface area (Å²) in [6.07, 6.45) is 0. The standard InChI is InChI=1S/C16H12BrCl2NS/c1-20-15(10-5-3-7-13(18)14(10)19)11-8-21-16-9(11)4-2-6-12(16)17/h2-8,15,20H,1H3. The molecule has 0 aliphatic heterocycles. The van der Waals surface area contributed by atoms with Crippen molar-refractivity contribution in [2.45, 2.75) is 6.04 Å². The van der Waals surface area contributed by atoms with Gasteiger partial charge in [0, 0.05) is 9.17 Å². The van der Waals surface area contributed by atoms with E-state index < -0.39 is 0 Å². The third kappa shape index (κ3) is 2.73. The normalized spacial score (nSPS) is 12.8. The maximum atomic E-state index is 6.39. The van der Waals surface area contributed by atoms with Crippen molar-refractivity contribution in [2.75, 3.05) is 7.05 Å². The minimum atomic E-state index is 0.0132. The van der Waals surface area contributed by atoms with Crippen molar-refractivity contribution in [2.24, 2.45) is 0 Å². The lowest BCUT2D eigenvalue weighted by atomic mass is 9.98. The van der Waals surface area contributed by atoms with Crippen molar-refractivity contribution in [3.63, 3.8) is 0 Å². The van der Waals surface area contributed by atoms with Gasteiger partial charge in [-0.15, -0.1) is 11.3 Å². The summed E-state index contributed by atoms with van der Waals surface area (Å²) < 4.78 is 2.36. The number of thiophene rings is 1. The van der Waals surface area contributed by atoms with Crippen LogP contribution in [0, 0.1) is 0 Å². The maximum Gasteiger partial charge on any atom is 0.0643 e. The molecule has 0 fully saturated rings. The molecule has 1 unspecified atom stereocenters. The fraction of sp³-hybridized carbons (Fsp3) is 0.125. The van der Waals surface area contributed by atoms with Crippen molar-refractivity contribution in [3.05, 3.63) is 67.4 Å². The molecule has 0 saturated carbocycles. The second-order valence-corrected chi connectivity index (χ2v) is 7.19. The van der Waals surface area contributed by atoms with Gasteiger partial charge in [-0.05, 0) is 57.0 Å². The third-order valence-electron chi connectivity index (χ3n) is 3.47. The molecule has 108 valence electrons. The Hall–Kier alpha value is -0.580. The molecule has 3 aromatic rings. The van der Waals surface area contributed by atoms with Gasteiger partial charge < -0.3 is 5.32 Å². The number of fused-ring (bicyclic) bond motifs is 1. The van der Waals surface area contributed by atoms with E-state index in [2.05, 4.69) is 44.8 Å². The monoisotopic (exact) mass is 399 g/mol. The van der Waals surface area contributed by atoms with E-state index in [1.807, 2.05) is 25.2 Å². The lowest BCUT2D eigenvalue weighted by Crippen LogP contribution is -2.17. The quantitative estimate of drug-likeness (QED) is 0.545. The van der Waals surface area contributed by atoms with Crippen molar-refractivity contribution >= 4 is 60.6 Å². The zero-order chi connectivity index (χ0) is 15.0. The summed E-state index contributed by atoms with van der Waals surface area (Å²) in [4.78, 5) is 0. The molecule has 0 aliphatic carbocycles. The average molecular weight is 401 g/mol. The first-order valence-corrected chi connectivity index (χ1v) is 8.83. The molecule has 0 radical (unpaired) electrons. The van der Waals surface area contributed by atoms with Crippen molar-refractivity contribution in [3.8, 4) is 0 Å². The number of hydrogen-bond acceptors (Lipinski definition) is 2. The summed E-state index contributed by atoms with van der Waals surface area (Å²) in [6, 6.07) is 12.0. The van der Waals surface area contributed by atoms with Crippen LogP contribution in [0.4, 0.5) is 0 Å². The number of benzene rings is 2. The van der Waals surface area contributed by atoms with Crippen LogP contribution in [0.25, 0.3) is 10.1 Å². The summed E-state index contributed by atoms with van der Waals surface area (Å²) in [5, 5.41) is 7.93. The second-order valence-electron chi connectivity index (χ2n) is 4.67. The van der Waals surface area contributed by atoms with Gasteiger partial charge in [-0.3, -0.25) is 0 Å². The highest BCUT2D eigenvalue weighted by molar-refractivity contribution is 9.10. The van der Waals surface area contributed by atoms with Gasteiger partial charge >= 0.3 is 0 Å². The van der Waals surface area contributed by atoms with Crippen molar-refractivity contribution < 1.29 is 0 Å². The van der Waals surface area contributed by atoms with Gasteiger partial charge in [-0.1, -0.05) is 47.5 Å². The highest BCUT2D eigenvalue weighted by Crippen LogP contribution is 2.39. The molecule has 3 rings (SSSR count). The molecule has 1 N–H and O–H groups in total. The first kappa shape index (κ1) is 15.3. The molecule has 2 aromatic carbocycles. The molecule has 0 spiro atoms. The van der Waals surface area contributed by atoms with Crippen LogP contribution in [0.2, 0.25) is 10.0 Å². The molecule has 0 bridgehead atoms. The predicted molar refractivity (Wildman–Crippen MR) is 96.9 cm³/mol. The summed E-state index contributed by atoms with van der Waals surface area (Å²) >= 11 is 17.9. The van der Waals surface area contributed by atoms with E-state index in [9.17, 15) is 0 Å². The fourth-order valence-electron chi connectivity index (χ4n) is 2.49. The second kappa shape index (κ2) is 6.27. The predicted octanol–water partition coefficient (Wildman–Crippen LogP) is 6.28. The van der Waals surface area contributed by atoms with E-state index in [4.69, 9.17) is 23.2 Å². The molecule has 0 aliphatic rings. The zero-order valence-corrected chi connectivity index (χ0v) is 15.1. The largest absolute Gasteiger partial charge is 0.309 e. The molecule has 0 amide bonds. The molecular formula is C16H12BrCl2NS. The van der Waals surface area contributed by atoms with Crippen LogP contribution in [0.1, 0.15) is 17.2 Å². The SMILES string of the molecule is CNC(c1cccc(Cl)c1Cl)c1csc2c(Br)cccc12. The fourth-order valence-corrected chi connectivity index (χ4v) is 4.55. The van der Waals surface area contributed by atoms with Crippen molar-refractivity contribution in [1.82, 2.24) is 5.32 Å². The highest BCUT2D eigenvalue weighted by Gasteiger charge is 2.20. The zero-order valence-electron chi connectivity index (χ0n) is 11.2. The number of halogens is 3. The number of rotatable bonds is 3. The Bertz CT molecular complexity index is 800. The Labute approximate surface area is 146 Å². The number of hydrogen-bond donors (Lipinski definition) is 1. The highest BCUT2D eigenvalue weighted by atomic mass is 79.9. The molecule has 1 nitrogen and oxygen atoms in total. The maximum absolute atomic E-state index is 6.39. The van der Waals surface area contributed by atoms with Crippen LogP contribution in [-0.4, -0.2) is 7.05 Å². The Kier molecular flexibility index (Phi) is 4.57. The van der Waals surface area contributed by atoms with E-state index in [1.165, 1.54) is 15.6 Å². The first-order chi connectivity index (χ1) is 10.1. The van der Waals surface area contributed by atoms with Crippen LogP contribution < -0.4 is 5.32 Å². The van der Waals surface area contributed by atoms with Crippen LogP contribution >= 0.6 is 50.5 Å². The van der Waals surface area contributed by atoms with Gasteiger partial charge in [0.1, 0.15) is 0 Å². The molecule has 5 heteroatoms. The van der Waals surface area contributed by atoms with Crippen LogP contribution in [0.3, 0.4) is 0 Å². The minimum absolute atomic E-state index is 0.0132. The first-order valence-electron chi connectivity index (χ1n) is 6.40. The Morgan fingerprint density at radius 2 is 1.86 bits per heavy atom. The van der Waals surface area contributed by atoms with Crippen LogP contribution in [0.5, 0.6) is 0 Å². The minimum Gasteiger partial charge on any atom is -0.309 e.